The van der Waals surface area contributed by atoms with E-state index in [2.05, 4.69) is 190 Å². The van der Waals surface area contributed by atoms with Crippen molar-refractivity contribution in [1.82, 2.24) is 9.13 Å². The fourth-order valence-electron chi connectivity index (χ4n) is 9.58. The molecule has 0 saturated carbocycles. The van der Waals surface area contributed by atoms with E-state index in [-0.39, 0.29) is 17.5 Å². The van der Waals surface area contributed by atoms with Gasteiger partial charge in [0.25, 0.3) is 6.71 Å². The van der Waals surface area contributed by atoms with Crippen molar-refractivity contribution < 1.29 is 0 Å². The molecule has 0 spiro atoms. The predicted molar refractivity (Wildman–Crippen MR) is 228 cm³/mol. The molecule has 4 heterocycles. The summed E-state index contributed by atoms with van der Waals surface area (Å²) >= 11 is 0. The molecule has 0 radical (unpaired) electrons. The summed E-state index contributed by atoms with van der Waals surface area (Å²) in [6.45, 7) is 14.1. The number of fused-ring (bicyclic) bond motifs is 10. The molecule has 0 unspecified atom stereocenters. The fourth-order valence-corrected chi connectivity index (χ4v) is 9.58. The van der Waals surface area contributed by atoms with Crippen molar-refractivity contribution >= 4 is 66.7 Å². The van der Waals surface area contributed by atoms with E-state index >= 15 is 0 Å². The van der Waals surface area contributed by atoms with Crippen LogP contribution in [0.1, 0.15) is 52.7 Å². The maximum absolute atomic E-state index is 2.60. The molecule has 11 rings (SSSR count). The van der Waals surface area contributed by atoms with E-state index in [1.807, 2.05) is 0 Å². The Morgan fingerprint density at radius 3 is 1.79 bits per heavy atom. The summed E-state index contributed by atoms with van der Waals surface area (Å²) in [6.07, 6.45) is 0. The largest absolute Gasteiger partial charge is 0.310 e. The molecule has 0 atom stereocenters. The second-order valence-corrected chi connectivity index (χ2v) is 17.4. The standard InChI is InChI=1S/C50H41BN2/c1-49(2,3)33-21-25-41-38(27-33)45-35(31-16-11-8-12-17-31)23-24-39-48(45)52(41)42-18-13-19-43-46(42)51(39)40-29-34(50(4,5)6)28-37-36-22-20-32(30-14-9-7-10-15-30)26-44(36)53(43)47(37)40/h7-29H,1-6H3. The Labute approximate surface area is 311 Å². The summed E-state index contributed by atoms with van der Waals surface area (Å²) in [6, 6.07) is 53.0. The summed E-state index contributed by atoms with van der Waals surface area (Å²) in [5.74, 6) is 0. The number of aromatic nitrogens is 2. The van der Waals surface area contributed by atoms with Crippen LogP contribution in [0.2, 0.25) is 0 Å². The molecule has 2 nitrogen and oxygen atoms in total. The summed E-state index contributed by atoms with van der Waals surface area (Å²) in [5.41, 5.74) is 19.8. The average Bonchev–Trinajstić information content (AvgIpc) is 3.68. The number of rotatable bonds is 2. The van der Waals surface area contributed by atoms with Crippen LogP contribution in [0.25, 0.3) is 77.2 Å². The minimum absolute atomic E-state index is 0.0116. The molecular formula is C50H41BN2. The number of hydrogen-bond acceptors (Lipinski definition) is 0. The third-order valence-electron chi connectivity index (χ3n) is 12.2. The van der Waals surface area contributed by atoms with Crippen molar-refractivity contribution in [3.8, 4) is 33.6 Å². The van der Waals surface area contributed by atoms with E-state index in [1.165, 1.54) is 105 Å². The highest BCUT2D eigenvalue weighted by Gasteiger charge is 2.42. The normalized spacial score (nSPS) is 13.4. The first-order valence-corrected chi connectivity index (χ1v) is 19.1. The van der Waals surface area contributed by atoms with Gasteiger partial charge in [-0.15, -0.1) is 0 Å². The van der Waals surface area contributed by atoms with Crippen molar-refractivity contribution in [3.05, 3.63) is 151 Å². The van der Waals surface area contributed by atoms with Gasteiger partial charge in [0.2, 0.25) is 0 Å². The van der Waals surface area contributed by atoms with Crippen LogP contribution >= 0.6 is 0 Å². The van der Waals surface area contributed by atoms with Gasteiger partial charge in [0, 0.05) is 44.0 Å². The lowest BCUT2D eigenvalue weighted by molar-refractivity contribution is 0.591. The van der Waals surface area contributed by atoms with Crippen molar-refractivity contribution in [3.63, 3.8) is 0 Å². The average molecular weight is 681 g/mol. The third-order valence-corrected chi connectivity index (χ3v) is 12.2. The topological polar surface area (TPSA) is 9.86 Å². The Morgan fingerprint density at radius 1 is 0.434 bits per heavy atom. The Hall–Kier alpha value is -5.80. The summed E-state index contributed by atoms with van der Waals surface area (Å²) < 4.78 is 5.20. The summed E-state index contributed by atoms with van der Waals surface area (Å²) in [5, 5.41) is 5.34. The summed E-state index contributed by atoms with van der Waals surface area (Å²) in [4.78, 5) is 0. The molecule has 2 aliphatic heterocycles. The molecule has 0 saturated heterocycles. The first-order valence-electron chi connectivity index (χ1n) is 19.1. The Bertz CT molecular complexity index is 3000. The molecule has 0 aliphatic carbocycles. The van der Waals surface area contributed by atoms with Crippen LogP contribution in [-0.2, 0) is 10.8 Å². The number of hydrogen-bond donors (Lipinski definition) is 0. The zero-order valence-electron chi connectivity index (χ0n) is 31.3. The molecule has 9 aromatic rings. The van der Waals surface area contributed by atoms with Gasteiger partial charge in [-0.3, -0.25) is 0 Å². The van der Waals surface area contributed by atoms with E-state index in [9.17, 15) is 0 Å². The monoisotopic (exact) mass is 680 g/mol. The van der Waals surface area contributed by atoms with Crippen LogP contribution in [0.3, 0.4) is 0 Å². The van der Waals surface area contributed by atoms with E-state index in [0.717, 1.165) is 0 Å². The molecule has 0 fully saturated rings. The van der Waals surface area contributed by atoms with Crippen LogP contribution in [0, 0.1) is 0 Å². The first kappa shape index (κ1) is 30.8. The van der Waals surface area contributed by atoms with E-state index < -0.39 is 0 Å². The molecule has 3 heteroatoms. The lowest BCUT2D eigenvalue weighted by Crippen LogP contribution is -2.59. The van der Waals surface area contributed by atoms with Gasteiger partial charge < -0.3 is 9.13 Å². The molecule has 0 N–H and O–H groups in total. The van der Waals surface area contributed by atoms with E-state index in [4.69, 9.17) is 0 Å². The van der Waals surface area contributed by atoms with Gasteiger partial charge >= 0.3 is 0 Å². The molecule has 2 aromatic heterocycles. The van der Waals surface area contributed by atoms with Crippen LogP contribution in [0.15, 0.2) is 140 Å². The molecule has 53 heavy (non-hydrogen) atoms. The lowest BCUT2D eigenvalue weighted by Gasteiger charge is -2.34. The second-order valence-electron chi connectivity index (χ2n) is 17.4. The smallest absolute Gasteiger partial charge is 0.252 e. The van der Waals surface area contributed by atoms with Crippen molar-refractivity contribution in [2.75, 3.05) is 0 Å². The highest BCUT2D eigenvalue weighted by atomic mass is 15.0. The third kappa shape index (κ3) is 4.17. The molecular weight excluding hydrogens is 639 g/mol. The highest BCUT2D eigenvalue weighted by Crippen LogP contribution is 2.44. The van der Waals surface area contributed by atoms with Gasteiger partial charge in [0.1, 0.15) is 0 Å². The number of nitrogens with zero attached hydrogens (tertiary/aromatic N) is 2. The van der Waals surface area contributed by atoms with Gasteiger partial charge in [0.05, 0.1) is 11.0 Å². The van der Waals surface area contributed by atoms with Gasteiger partial charge in [-0.05, 0) is 97.0 Å². The van der Waals surface area contributed by atoms with Gasteiger partial charge in [-0.2, -0.15) is 0 Å². The summed E-state index contributed by atoms with van der Waals surface area (Å²) in [7, 11) is 0. The molecule has 0 bridgehead atoms. The Morgan fingerprint density at radius 2 is 1.09 bits per heavy atom. The van der Waals surface area contributed by atoms with Crippen LogP contribution < -0.4 is 16.4 Å². The fraction of sp³-hybridized carbons (Fsp3) is 0.160. The Kier molecular flexibility index (Phi) is 6.05. The van der Waals surface area contributed by atoms with E-state index in [0.29, 0.717) is 0 Å². The zero-order valence-corrected chi connectivity index (χ0v) is 31.3. The van der Waals surface area contributed by atoms with Gasteiger partial charge in [-0.1, -0.05) is 145 Å². The minimum Gasteiger partial charge on any atom is -0.310 e. The maximum Gasteiger partial charge on any atom is 0.252 e. The SMILES string of the molecule is CC(C)(C)c1ccc2c(c1)c1c(-c3ccccc3)ccc3c1n2-c1cccc2c1B3c1cc(C(C)(C)C)cc3c4ccc(-c5ccccc5)cc4n-2c13. The minimum atomic E-state index is -0.0116. The molecule has 2 aliphatic rings. The molecule has 7 aromatic carbocycles. The molecule has 254 valence electrons. The zero-order chi connectivity index (χ0) is 36.0. The van der Waals surface area contributed by atoms with Crippen molar-refractivity contribution in [2.24, 2.45) is 0 Å². The van der Waals surface area contributed by atoms with E-state index in [1.54, 1.807) is 0 Å². The predicted octanol–water partition coefficient (Wildman–Crippen LogP) is 11.0. The molecule has 0 amide bonds. The lowest BCUT2D eigenvalue weighted by atomic mass is 9.34. The quantitative estimate of drug-likeness (QED) is 0.161. The van der Waals surface area contributed by atoms with Crippen molar-refractivity contribution in [2.45, 2.75) is 52.4 Å². The second kappa shape index (κ2) is 10.4. The Balaban J connectivity index is 1.32. The van der Waals surface area contributed by atoms with Gasteiger partial charge in [0.15, 0.2) is 0 Å². The van der Waals surface area contributed by atoms with Crippen molar-refractivity contribution in [1.29, 1.82) is 0 Å². The highest BCUT2D eigenvalue weighted by molar-refractivity contribution is 7.00. The van der Waals surface area contributed by atoms with Crippen LogP contribution in [0.5, 0.6) is 0 Å². The number of benzene rings is 7. The first-order chi connectivity index (χ1) is 25.6. The maximum atomic E-state index is 2.60. The van der Waals surface area contributed by atoms with Crippen LogP contribution in [-0.4, -0.2) is 15.8 Å². The van der Waals surface area contributed by atoms with Gasteiger partial charge in [-0.25, -0.2) is 0 Å². The van der Waals surface area contributed by atoms with Crippen LogP contribution in [0.4, 0.5) is 0 Å².